The van der Waals surface area contributed by atoms with Gasteiger partial charge in [-0.1, -0.05) is 6.07 Å². The van der Waals surface area contributed by atoms with Crippen LogP contribution in [0.2, 0.25) is 0 Å². The Hall–Kier alpha value is -4.28. The number of aryl methyl sites for hydroxylation is 1. The number of ether oxygens (including phenoxy) is 2. The highest BCUT2D eigenvalue weighted by molar-refractivity contribution is 6.01. The molecule has 0 saturated carbocycles. The summed E-state index contributed by atoms with van der Waals surface area (Å²) in [6.45, 7) is 0.712. The number of hydrogen-bond donors (Lipinski definition) is 1. The number of anilines is 1. The first kappa shape index (κ1) is 23.4. The summed E-state index contributed by atoms with van der Waals surface area (Å²) in [5.41, 5.74) is 1.63. The molecule has 1 N–H and O–H groups in total. The number of non-ortho nitro benzene ring substituents is 1. The summed E-state index contributed by atoms with van der Waals surface area (Å²) in [5, 5.41) is 17.9. The zero-order chi connectivity index (χ0) is 24.0. The molecule has 0 aliphatic heterocycles. The van der Waals surface area contributed by atoms with Crippen molar-refractivity contribution in [2.45, 2.75) is 20.5 Å². The third-order valence-electron chi connectivity index (χ3n) is 4.30. The second-order valence-corrected chi connectivity index (χ2v) is 6.70. The fraction of sp³-hybridized carbons (Fsp3) is 0.182. The number of halogens is 2. The second-order valence-electron chi connectivity index (χ2n) is 6.70. The molecular formula is C22H20F2N4O5. The first-order valence-corrected chi connectivity index (χ1v) is 9.79. The lowest BCUT2D eigenvalue weighted by Gasteiger charge is -2.11. The molecule has 0 saturated heterocycles. The number of hydrogen-bond acceptors (Lipinski definition) is 6. The van der Waals surface area contributed by atoms with Gasteiger partial charge in [-0.3, -0.25) is 14.9 Å². The van der Waals surface area contributed by atoms with Crippen LogP contribution in [0.5, 0.6) is 11.5 Å². The fourth-order valence-corrected chi connectivity index (χ4v) is 2.93. The summed E-state index contributed by atoms with van der Waals surface area (Å²) in [5.74, 6) is -0.0706. The summed E-state index contributed by atoms with van der Waals surface area (Å²) < 4.78 is 36.3. The molecule has 11 heteroatoms. The van der Waals surface area contributed by atoms with E-state index in [2.05, 4.69) is 15.2 Å². The zero-order valence-electron chi connectivity index (χ0n) is 17.7. The predicted molar refractivity (Wildman–Crippen MR) is 117 cm³/mol. The minimum absolute atomic E-state index is 0.0625. The molecule has 9 nitrogen and oxygen atoms in total. The molecule has 0 spiro atoms. The topological polar surface area (TPSA) is 109 Å². The minimum Gasteiger partial charge on any atom is -0.490 e. The molecule has 0 unspecified atom stereocenters. The van der Waals surface area contributed by atoms with Crippen molar-refractivity contribution >= 4 is 23.5 Å². The van der Waals surface area contributed by atoms with Gasteiger partial charge in [0, 0.05) is 24.3 Å². The van der Waals surface area contributed by atoms with Crippen molar-refractivity contribution in [3.8, 4) is 17.2 Å². The highest BCUT2D eigenvalue weighted by Crippen LogP contribution is 2.30. The van der Waals surface area contributed by atoms with Gasteiger partial charge in [-0.2, -0.15) is 13.9 Å². The number of nitro benzene ring substituents is 1. The van der Waals surface area contributed by atoms with Crippen LogP contribution in [0.1, 0.15) is 18.2 Å². The number of benzene rings is 2. The average Bonchev–Trinajstić information content (AvgIpc) is 3.13. The molecule has 0 aliphatic rings. The summed E-state index contributed by atoms with van der Waals surface area (Å²) in [6.07, 6.45) is 2.75. The van der Waals surface area contributed by atoms with Crippen LogP contribution in [-0.4, -0.2) is 33.8 Å². The van der Waals surface area contributed by atoms with Crippen LogP contribution in [0.25, 0.3) is 11.8 Å². The molecule has 0 atom stereocenters. The first-order chi connectivity index (χ1) is 15.8. The van der Waals surface area contributed by atoms with Crippen LogP contribution in [0.3, 0.4) is 0 Å². The van der Waals surface area contributed by atoms with Crippen molar-refractivity contribution in [2.24, 2.45) is 0 Å². The molecule has 1 heterocycles. The normalized spacial score (nSPS) is 11.1. The number of aromatic nitrogens is 2. The molecule has 0 bridgehead atoms. The standard InChI is InChI=1S/C22H20F2N4O5/c1-3-32-19-13-15(4-10-18(19)33-22(23)24)5-11-21(29)25-20-12-14(2)26-27(20)16-6-8-17(9-7-16)28(30)31/h4-13,22H,3H2,1-2H3,(H,25,29)/b11-5+. The van der Waals surface area contributed by atoms with E-state index in [1.54, 1.807) is 19.9 Å². The highest BCUT2D eigenvalue weighted by Gasteiger charge is 2.13. The molecule has 1 amide bonds. The van der Waals surface area contributed by atoms with Gasteiger partial charge < -0.3 is 14.8 Å². The average molecular weight is 458 g/mol. The summed E-state index contributed by atoms with van der Waals surface area (Å²) in [6, 6.07) is 11.7. The second kappa shape index (κ2) is 10.4. The van der Waals surface area contributed by atoms with Gasteiger partial charge in [-0.25, -0.2) is 4.68 Å². The molecule has 0 radical (unpaired) electrons. The lowest BCUT2D eigenvalue weighted by atomic mass is 10.2. The number of nitro groups is 1. The Balaban J connectivity index is 1.76. The monoisotopic (exact) mass is 458 g/mol. The minimum atomic E-state index is -2.99. The van der Waals surface area contributed by atoms with E-state index in [1.807, 2.05) is 0 Å². The van der Waals surface area contributed by atoms with Crippen molar-refractivity contribution < 1.29 is 28.0 Å². The summed E-state index contributed by atoms with van der Waals surface area (Å²) in [7, 11) is 0. The van der Waals surface area contributed by atoms with Gasteiger partial charge in [0.1, 0.15) is 5.82 Å². The Morgan fingerprint density at radius 2 is 1.94 bits per heavy atom. The van der Waals surface area contributed by atoms with E-state index in [4.69, 9.17) is 4.74 Å². The van der Waals surface area contributed by atoms with Gasteiger partial charge in [0.15, 0.2) is 11.5 Å². The molecule has 3 aromatic rings. The number of carbonyl (C=O) groups is 1. The molecule has 0 fully saturated rings. The van der Waals surface area contributed by atoms with Crippen molar-refractivity contribution in [3.63, 3.8) is 0 Å². The maximum Gasteiger partial charge on any atom is 0.387 e. The Bertz CT molecular complexity index is 1180. The third kappa shape index (κ3) is 6.12. The Morgan fingerprint density at radius 3 is 2.58 bits per heavy atom. The Morgan fingerprint density at radius 1 is 1.21 bits per heavy atom. The molecular weight excluding hydrogens is 438 g/mol. The van der Waals surface area contributed by atoms with Crippen LogP contribution in [-0.2, 0) is 4.79 Å². The van der Waals surface area contributed by atoms with Crippen LogP contribution < -0.4 is 14.8 Å². The van der Waals surface area contributed by atoms with Gasteiger partial charge in [-0.15, -0.1) is 0 Å². The van der Waals surface area contributed by atoms with Gasteiger partial charge >= 0.3 is 6.61 Å². The maximum absolute atomic E-state index is 12.5. The number of carbonyl (C=O) groups excluding carboxylic acids is 1. The van der Waals surface area contributed by atoms with E-state index in [1.165, 1.54) is 59.3 Å². The number of nitrogens with zero attached hydrogens (tertiary/aromatic N) is 3. The van der Waals surface area contributed by atoms with E-state index in [0.29, 0.717) is 22.8 Å². The van der Waals surface area contributed by atoms with E-state index in [0.717, 1.165) is 0 Å². The zero-order valence-corrected chi connectivity index (χ0v) is 17.7. The molecule has 1 aromatic heterocycles. The first-order valence-electron chi connectivity index (χ1n) is 9.79. The largest absolute Gasteiger partial charge is 0.490 e. The van der Waals surface area contributed by atoms with Crippen LogP contribution in [0.4, 0.5) is 20.3 Å². The lowest BCUT2D eigenvalue weighted by molar-refractivity contribution is -0.384. The summed E-state index contributed by atoms with van der Waals surface area (Å²) >= 11 is 0. The Labute approximate surface area is 187 Å². The quantitative estimate of drug-likeness (QED) is 0.282. The third-order valence-corrected chi connectivity index (χ3v) is 4.30. The van der Waals surface area contributed by atoms with E-state index >= 15 is 0 Å². The number of nitrogens with one attached hydrogen (secondary N) is 1. The van der Waals surface area contributed by atoms with Crippen molar-refractivity contribution in [3.05, 3.63) is 76.0 Å². The molecule has 3 rings (SSSR count). The number of rotatable bonds is 9. The van der Waals surface area contributed by atoms with Crippen molar-refractivity contribution in [1.29, 1.82) is 0 Å². The smallest absolute Gasteiger partial charge is 0.387 e. The van der Waals surface area contributed by atoms with E-state index < -0.39 is 17.4 Å². The van der Waals surface area contributed by atoms with Gasteiger partial charge in [-0.05, 0) is 49.8 Å². The summed E-state index contributed by atoms with van der Waals surface area (Å²) in [4.78, 5) is 22.8. The van der Waals surface area contributed by atoms with Crippen LogP contribution in [0, 0.1) is 17.0 Å². The van der Waals surface area contributed by atoms with Gasteiger partial charge in [0.25, 0.3) is 5.69 Å². The SMILES string of the molecule is CCOc1cc(/C=C/C(=O)Nc2cc(C)nn2-c2ccc([N+](=O)[O-])cc2)ccc1OC(F)F. The van der Waals surface area contributed by atoms with Gasteiger partial charge in [0.2, 0.25) is 5.91 Å². The maximum atomic E-state index is 12.5. The molecule has 172 valence electrons. The van der Waals surface area contributed by atoms with Crippen LogP contribution in [0.15, 0.2) is 54.6 Å². The predicted octanol–water partition coefficient (Wildman–Crippen LogP) is 4.74. The Kier molecular flexibility index (Phi) is 7.34. The fourth-order valence-electron chi connectivity index (χ4n) is 2.93. The highest BCUT2D eigenvalue weighted by atomic mass is 19.3. The van der Waals surface area contributed by atoms with Crippen LogP contribution >= 0.6 is 0 Å². The molecule has 2 aromatic carbocycles. The molecule has 0 aliphatic carbocycles. The van der Waals surface area contributed by atoms with E-state index in [9.17, 15) is 23.7 Å². The van der Waals surface area contributed by atoms with Crippen molar-refractivity contribution in [1.82, 2.24) is 9.78 Å². The van der Waals surface area contributed by atoms with E-state index in [-0.39, 0.29) is 23.8 Å². The van der Waals surface area contributed by atoms with Crippen molar-refractivity contribution in [2.75, 3.05) is 11.9 Å². The lowest BCUT2D eigenvalue weighted by Crippen LogP contribution is -2.12. The number of alkyl halides is 2. The molecule has 33 heavy (non-hydrogen) atoms. The van der Waals surface area contributed by atoms with Gasteiger partial charge in [0.05, 0.1) is 22.9 Å². The number of amides is 1.